The number of nitrogens with one attached hydrogen (secondary N) is 1. The van der Waals surface area contributed by atoms with Gasteiger partial charge in [-0.1, -0.05) is 6.07 Å². The third-order valence-electron chi connectivity index (χ3n) is 3.97. The fourth-order valence-corrected chi connectivity index (χ4v) is 2.95. The summed E-state index contributed by atoms with van der Waals surface area (Å²) in [4.78, 5) is 0. The monoisotopic (exact) mass is 235 g/mol. The summed E-state index contributed by atoms with van der Waals surface area (Å²) in [5.41, 5.74) is 2.19. The number of hydrogen-bond donors (Lipinski definition) is 1. The minimum Gasteiger partial charge on any atom is -0.373 e. The summed E-state index contributed by atoms with van der Waals surface area (Å²) < 4.78 is 18.8. The Labute approximate surface area is 101 Å². The van der Waals surface area contributed by atoms with E-state index in [0.29, 0.717) is 18.2 Å². The van der Waals surface area contributed by atoms with E-state index in [-0.39, 0.29) is 5.82 Å². The maximum Gasteiger partial charge on any atom is 0.123 e. The van der Waals surface area contributed by atoms with Gasteiger partial charge in [0, 0.05) is 12.6 Å². The molecule has 2 heterocycles. The molecule has 3 unspecified atom stereocenters. The molecule has 92 valence electrons. The van der Waals surface area contributed by atoms with Crippen LogP contribution in [0.15, 0.2) is 18.2 Å². The lowest BCUT2D eigenvalue weighted by Crippen LogP contribution is -2.37. The maximum atomic E-state index is 13.0. The summed E-state index contributed by atoms with van der Waals surface area (Å²) in [6, 6.07) is 5.47. The van der Waals surface area contributed by atoms with Crippen molar-refractivity contribution in [1.29, 1.82) is 0 Å². The van der Waals surface area contributed by atoms with Crippen molar-refractivity contribution in [3.63, 3.8) is 0 Å². The Hall–Kier alpha value is -0.930. The molecule has 2 bridgehead atoms. The first-order valence-corrected chi connectivity index (χ1v) is 6.36. The van der Waals surface area contributed by atoms with Gasteiger partial charge in [-0.3, -0.25) is 0 Å². The minimum absolute atomic E-state index is 0.158. The molecule has 2 aliphatic rings. The van der Waals surface area contributed by atoms with Gasteiger partial charge in [-0.05, 0) is 49.4 Å². The van der Waals surface area contributed by atoms with Gasteiger partial charge >= 0.3 is 0 Å². The zero-order valence-corrected chi connectivity index (χ0v) is 10.1. The molecule has 0 radical (unpaired) electrons. The second kappa shape index (κ2) is 4.39. The van der Waals surface area contributed by atoms with E-state index < -0.39 is 0 Å². The van der Waals surface area contributed by atoms with Crippen LogP contribution in [0.1, 0.15) is 30.4 Å². The van der Waals surface area contributed by atoms with E-state index in [4.69, 9.17) is 4.74 Å². The molecule has 2 nitrogen and oxygen atoms in total. The molecule has 0 amide bonds. The highest BCUT2D eigenvalue weighted by Gasteiger charge is 2.40. The van der Waals surface area contributed by atoms with Crippen LogP contribution in [0.2, 0.25) is 0 Å². The van der Waals surface area contributed by atoms with E-state index in [1.165, 1.54) is 24.5 Å². The number of benzene rings is 1. The molecule has 3 atom stereocenters. The van der Waals surface area contributed by atoms with Gasteiger partial charge in [0.2, 0.25) is 0 Å². The Morgan fingerprint density at radius 2 is 2.29 bits per heavy atom. The molecule has 1 aromatic carbocycles. The molecule has 1 aromatic rings. The zero-order valence-electron chi connectivity index (χ0n) is 10.1. The summed E-state index contributed by atoms with van der Waals surface area (Å²) >= 11 is 0. The fraction of sp³-hybridized carbons (Fsp3) is 0.571. The van der Waals surface area contributed by atoms with Crippen LogP contribution in [0.3, 0.4) is 0 Å². The van der Waals surface area contributed by atoms with Gasteiger partial charge < -0.3 is 10.1 Å². The lowest BCUT2D eigenvalue weighted by atomic mass is 9.95. The van der Waals surface area contributed by atoms with Crippen LogP contribution in [0.4, 0.5) is 4.39 Å². The van der Waals surface area contributed by atoms with Gasteiger partial charge in [-0.25, -0.2) is 4.39 Å². The summed E-state index contributed by atoms with van der Waals surface area (Å²) in [5, 5.41) is 3.54. The highest BCUT2D eigenvalue weighted by molar-refractivity contribution is 5.26. The number of hydrogen-bond acceptors (Lipinski definition) is 2. The Morgan fingerprint density at radius 1 is 1.41 bits per heavy atom. The lowest BCUT2D eigenvalue weighted by Gasteiger charge is -2.20. The Bertz CT molecular complexity index is 421. The second-order valence-corrected chi connectivity index (χ2v) is 5.17. The lowest BCUT2D eigenvalue weighted by molar-refractivity contribution is 0.0973. The van der Waals surface area contributed by atoms with Crippen molar-refractivity contribution < 1.29 is 9.13 Å². The van der Waals surface area contributed by atoms with Crippen LogP contribution >= 0.6 is 0 Å². The Morgan fingerprint density at radius 3 is 2.94 bits per heavy atom. The first kappa shape index (κ1) is 11.2. The SMILES string of the molecule is Cc1cc(F)ccc1CNC1CC2CCC1O2. The third kappa shape index (κ3) is 2.22. The van der Waals surface area contributed by atoms with E-state index in [1.54, 1.807) is 6.07 Å². The van der Waals surface area contributed by atoms with Crippen LogP contribution in [-0.2, 0) is 11.3 Å². The average Bonchev–Trinajstić information content (AvgIpc) is 2.89. The zero-order chi connectivity index (χ0) is 11.8. The molecule has 0 aliphatic carbocycles. The standard InChI is InChI=1S/C14H18FNO/c1-9-6-11(15)3-2-10(9)8-16-13-7-12-4-5-14(13)17-12/h2-3,6,12-14,16H,4-5,7-8H2,1H3. The van der Waals surface area contributed by atoms with Gasteiger partial charge in [0.25, 0.3) is 0 Å². The van der Waals surface area contributed by atoms with Crippen LogP contribution in [0.5, 0.6) is 0 Å². The highest BCUT2D eigenvalue weighted by atomic mass is 19.1. The van der Waals surface area contributed by atoms with Gasteiger partial charge in [0.15, 0.2) is 0 Å². The van der Waals surface area contributed by atoms with Gasteiger partial charge in [0.1, 0.15) is 5.82 Å². The van der Waals surface area contributed by atoms with Crippen molar-refractivity contribution >= 4 is 0 Å². The second-order valence-electron chi connectivity index (χ2n) is 5.17. The van der Waals surface area contributed by atoms with Crippen molar-refractivity contribution in [3.05, 3.63) is 35.1 Å². The maximum absolute atomic E-state index is 13.0. The van der Waals surface area contributed by atoms with Crippen molar-refractivity contribution in [2.75, 3.05) is 0 Å². The predicted molar refractivity (Wildman–Crippen MR) is 64.3 cm³/mol. The van der Waals surface area contributed by atoms with E-state index in [1.807, 2.05) is 13.0 Å². The van der Waals surface area contributed by atoms with Crippen molar-refractivity contribution in [2.24, 2.45) is 0 Å². The predicted octanol–water partition coefficient (Wildman–Crippen LogP) is 2.54. The van der Waals surface area contributed by atoms with E-state index in [2.05, 4.69) is 5.32 Å². The number of aryl methyl sites for hydroxylation is 1. The molecular formula is C14H18FNO. The van der Waals surface area contributed by atoms with Gasteiger partial charge in [-0.2, -0.15) is 0 Å². The number of rotatable bonds is 3. The molecule has 2 saturated heterocycles. The molecule has 1 N–H and O–H groups in total. The average molecular weight is 235 g/mol. The molecular weight excluding hydrogens is 217 g/mol. The number of ether oxygens (including phenoxy) is 1. The van der Waals surface area contributed by atoms with Gasteiger partial charge in [0.05, 0.1) is 12.2 Å². The van der Waals surface area contributed by atoms with E-state index in [0.717, 1.165) is 18.5 Å². The normalized spacial score (nSPS) is 31.1. The molecule has 0 saturated carbocycles. The van der Waals surface area contributed by atoms with Crippen LogP contribution in [-0.4, -0.2) is 18.2 Å². The summed E-state index contributed by atoms with van der Waals surface area (Å²) in [5.74, 6) is -0.158. The van der Waals surface area contributed by atoms with Crippen molar-refractivity contribution in [1.82, 2.24) is 5.32 Å². The third-order valence-corrected chi connectivity index (χ3v) is 3.97. The minimum atomic E-state index is -0.158. The fourth-order valence-electron chi connectivity index (χ4n) is 2.95. The Balaban J connectivity index is 1.60. The Kier molecular flexibility index (Phi) is 2.89. The topological polar surface area (TPSA) is 21.3 Å². The molecule has 2 aliphatic heterocycles. The molecule has 3 rings (SSSR count). The van der Waals surface area contributed by atoms with Crippen molar-refractivity contribution in [2.45, 2.75) is 51.0 Å². The first-order chi connectivity index (χ1) is 8.22. The van der Waals surface area contributed by atoms with Gasteiger partial charge in [-0.15, -0.1) is 0 Å². The number of halogens is 1. The summed E-state index contributed by atoms with van der Waals surface area (Å²) in [6.45, 7) is 2.76. The van der Waals surface area contributed by atoms with Crippen molar-refractivity contribution in [3.8, 4) is 0 Å². The van der Waals surface area contributed by atoms with Crippen LogP contribution in [0, 0.1) is 12.7 Å². The smallest absolute Gasteiger partial charge is 0.123 e. The summed E-state index contributed by atoms with van der Waals surface area (Å²) in [7, 11) is 0. The van der Waals surface area contributed by atoms with Crippen LogP contribution in [0.25, 0.3) is 0 Å². The van der Waals surface area contributed by atoms with Crippen LogP contribution < -0.4 is 5.32 Å². The number of fused-ring (bicyclic) bond motifs is 2. The molecule has 17 heavy (non-hydrogen) atoms. The first-order valence-electron chi connectivity index (χ1n) is 6.36. The quantitative estimate of drug-likeness (QED) is 0.869. The van der Waals surface area contributed by atoms with E-state index >= 15 is 0 Å². The molecule has 2 fully saturated rings. The largest absolute Gasteiger partial charge is 0.373 e. The van der Waals surface area contributed by atoms with E-state index in [9.17, 15) is 4.39 Å². The molecule has 0 aromatic heterocycles. The highest BCUT2D eigenvalue weighted by Crippen LogP contribution is 2.34. The molecule has 3 heteroatoms. The molecule has 0 spiro atoms. The summed E-state index contributed by atoms with van der Waals surface area (Å²) in [6.07, 6.45) is 4.42.